The van der Waals surface area contributed by atoms with Crippen molar-refractivity contribution >= 4 is 16.7 Å². The summed E-state index contributed by atoms with van der Waals surface area (Å²) in [5.41, 5.74) is 10.6. The maximum Gasteiger partial charge on any atom is 0.0709 e. The Morgan fingerprint density at radius 2 is 1.81 bits per heavy atom. The second-order valence-corrected chi connectivity index (χ2v) is 6.71. The minimum atomic E-state index is 0.944. The standard InChI is InChI=1S/C25H23N/c1-7-19-11-12-22(17(4)5)18(6)24-15-26-25(14-23(19)24)21-10-8-9-20(13-21)16(2)3/h7-10,13-15H,2,4H2,1,3,5-6H3/b19-7-. The highest BCUT2D eigenvalue weighted by molar-refractivity contribution is 5.93. The fourth-order valence-corrected chi connectivity index (χ4v) is 3.16. The summed E-state index contributed by atoms with van der Waals surface area (Å²) >= 11 is 0. The molecular formula is C25H23N. The molecule has 0 unspecified atom stereocenters. The van der Waals surface area contributed by atoms with Crippen LogP contribution in [0, 0.1) is 11.8 Å². The second-order valence-electron chi connectivity index (χ2n) is 6.71. The van der Waals surface area contributed by atoms with Crippen LogP contribution in [0.25, 0.3) is 28.0 Å². The number of fused-ring (bicyclic) bond motifs is 1. The molecule has 26 heavy (non-hydrogen) atoms. The van der Waals surface area contributed by atoms with E-state index < -0.39 is 0 Å². The van der Waals surface area contributed by atoms with Crippen molar-refractivity contribution in [1.82, 2.24) is 4.98 Å². The third-order valence-corrected chi connectivity index (χ3v) is 4.66. The van der Waals surface area contributed by atoms with Gasteiger partial charge in [0.15, 0.2) is 0 Å². The fraction of sp³-hybridized carbons (Fsp3) is 0.160. The van der Waals surface area contributed by atoms with E-state index in [-0.39, 0.29) is 0 Å². The highest BCUT2D eigenvalue weighted by Crippen LogP contribution is 2.34. The summed E-state index contributed by atoms with van der Waals surface area (Å²) in [4.78, 5) is 4.74. The van der Waals surface area contributed by atoms with Gasteiger partial charge in [0.25, 0.3) is 0 Å². The van der Waals surface area contributed by atoms with Gasteiger partial charge in [0.1, 0.15) is 0 Å². The number of nitrogens with zero attached hydrogens (tertiary/aromatic N) is 1. The predicted octanol–water partition coefficient (Wildman–Crippen LogP) is 6.55. The van der Waals surface area contributed by atoms with E-state index in [1.54, 1.807) is 0 Å². The molecule has 0 atom stereocenters. The van der Waals surface area contributed by atoms with Gasteiger partial charge in [-0.05, 0) is 56.5 Å². The van der Waals surface area contributed by atoms with Gasteiger partial charge < -0.3 is 0 Å². The molecule has 1 aromatic carbocycles. The zero-order chi connectivity index (χ0) is 18.8. The van der Waals surface area contributed by atoms with Gasteiger partial charge in [0.2, 0.25) is 0 Å². The summed E-state index contributed by atoms with van der Waals surface area (Å²) in [6, 6.07) is 10.5. The Morgan fingerprint density at radius 3 is 2.46 bits per heavy atom. The number of aromatic nitrogens is 1. The normalized spacial score (nSPS) is 14.4. The zero-order valence-electron chi connectivity index (χ0n) is 15.9. The summed E-state index contributed by atoms with van der Waals surface area (Å²) in [6.45, 7) is 16.3. The van der Waals surface area contributed by atoms with Gasteiger partial charge in [-0.2, -0.15) is 0 Å². The Balaban J connectivity index is 2.21. The van der Waals surface area contributed by atoms with E-state index in [2.05, 4.69) is 62.3 Å². The van der Waals surface area contributed by atoms with Gasteiger partial charge in [0.05, 0.1) is 5.69 Å². The largest absolute Gasteiger partial charge is 0.256 e. The molecule has 1 heterocycles. The zero-order valence-corrected chi connectivity index (χ0v) is 15.9. The van der Waals surface area contributed by atoms with E-state index in [0.29, 0.717) is 0 Å². The Hall–Kier alpha value is -3.11. The Morgan fingerprint density at radius 1 is 1.04 bits per heavy atom. The van der Waals surface area contributed by atoms with Gasteiger partial charge in [-0.1, -0.05) is 54.8 Å². The first-order chi connectivity index (χ1) is 12.4. The molecule has 0 spiro atoms. The van der Waals surface area contributed by atoms with E-state index in [4.69, 9.17) is 4.98 Å². The van der Waals surface area contributed by atoms with Crippen LogP contribution in [0.5, 0.6) is 0 Å². The Kier molecular flexibility index (Phi) is 4.78. The van der Waals surface area contributed by atoms with Gasteiger partial charge >= 0.3 is 0 Å². The Labute approximate surface area is 156 Å². The van der Waals surface area contributed by atoms with Crippen molar-refractivity contribution in [2.45, 2.75) is 27.7 Å². The first-order valence-corrected chi connectivity index (χ1v) is 8.74. The van der Waals surface area contributed by atoms with Crippen LogP contribution < -0.4 is 0 Å². The van der Waals surface area contributed by atoms with Crippen LogP contribution in [0.15, 0.2) is 66.9 Å². The number of benzene rings is 1. The lowest BCUT2D eigenvalue weighted by molar-refractivity contribution is 1.28. The van der Waals surface area contributed by atoms with Crippen LogP contribution in [-0.2, 0) is 0 Å². The third kappa shape index (κ3) is 3.19. The summed E-state index contributed by atoms with van der Waals surface area (Å²) < 4.78 is 0. The minimum Gasteiger partial charge on any atom is -0.256 e. The summed E-state index contributed by atoms with van der Waals surface area (Å²) in [5, 5.41) is 0. The topological polar surface area (TPSA) is 12.9 Å². The number of hydrogen-bond donors (Lipinski definition) is 0. The van der Waals surface area contributed by atoms with E-state index in [1.165, 1.54) is 0 Å². The van der Waals surface area contributed by atoms with E-state index in [9.17, 15) is 0 Å². The lowest BCUT2D eigenvalue weighted by Crippen LogP contribution is -1.96. The number of pyridine rings is 1. The number of allylic oxidation sites excluding steroid dienone is 6. The van der Waals surface area contributed by atoms with Gasteiger partial charge in [-0.3, -0.25) is 4.98 Å². The molecule has 1 aliphatic carbocycles. The molecule has 1 heteroatoms. The maximum absolute atomic E-state index is 4.74. The van der Waals surface area contributed by atoms with E-state index in [0.717, 1.165) is 55.8 Å². The molecule has 0 bridgehead atoms. The molecule has 0 amide bonds. The fourth-order valence-electron chi connectivity index (χ4n) is 3.16. The molecule has 3 rings (SSSR count). The first-order valence-electron chi connectivity index (χ1n) is 8.74. The number of rotatable bonds is 3. The predicted molar refractivity (Wildman–Crippen MR) is 113 cm³/mol. The van der Waals surface area contributed by atoms with E-state index in [1.807, 2.05) is 33.0 Å². The highest BCUT2D eigenvalue weighted by Gasteiger charge is 2.16. The maximum atomic E-state index is 4.74. The average molecular weight is 337 g/mol. The number of hydrogen-bond acceptors (Lipinski definition) is 1. The van der Waals surface area contributed by atoms with Crippen LogP contribution in [0.2, 0.25) is 0 Å². The van der Waals surface area contributed by atoms with Crippen molar-refractivity contribution in [2.24, 2.45) is 0 Å². The quantitative estimate of drug-likeness (QED) is 0.579. The molecule has 2 aromatic rings. The van der Waals surface area contributed by atoms with Crippen molar-refractivity contribution < 1.29 is 0 Å². The molecule has 0 radical (unpaired) electrons. The minimum absolute atomic E-state index is 0.944. The second kappa shape index (κ2) is 7.02. The lowest BCUT2D eigenvalue weighted by atomic mass is 9.93. The molecule has 1 aromatic heterocycles. The van der Waals surface area contributed by atoms with Crippen LogP contribution in [0.4, 0.5) is 0 Å². The SMILES string of the molecule is C=C(C)C1=C(C)c2cnc(-c3cccc(C(=C)C)c3)cc2/C(=C\C)C#C1. The smallest absolute Gasteiger partial charge is 0.0709 e. The highest BCUT2D eigenvalue weighted by atomic mass is 14.7. The van der Waals surface area contributed by atoms with Crippen LogP contribution in [0.3, 0.4) is 0 Å². The third-order valence-electron chi connectivity index (χ3n) is 4.66. The molecule has 0 N–H and O–H groups in total. The Bertz CT molecular complexity index is 1050. The van der Waals surface area contributed by atoms with Gasteiger partial charge in [0, 0.05) is 34.0 Å². The molecule has 0 saturated heterocycles. The van der Waals surface area contributed by atoms with Crippen LogP contribution >= 0.6 is 0 Å². The van der Waals surface area contributed by atoms with Crippen molar-refractivity contribution in [3.05, 3.63) is 83.6 Å². The molecular weight excluding hydrogens is 314 g/mol. The summed E-state index contributed by atoms with van der Waals surface area (Å²) in [7, 11) is 0. The lowest BCUT2D eigenvalue weighted by Gasteiger charge is -2.13. The van der Waals surface area contributed by atoms with Crippen LogP contribution in [0.1, 0.15) is 44.4 Å². The molecule has 0 saturated carbocycles. The molecule has 0 aliphatic heterocycles. The monoisotopic (exact) mass is 337 g/mol. The summed E-state index contributed by atoms with van der Waals surface area (Å²) in [6.07, 6.45) is 4.02. The van der Waals surface area contributed by atoms with Crippen molar-refractivity contribution in [3.63, 3.8) is 0 Å². The summed E-state index contributed by atoms with van der Waals surface area (Å²) in [5.74, 6) is 6.59. The van der Waals surface area contributed by atoms with Crippen molar-refractivity contribution in [3.8, 4) is 23.1 Å². The van der Waals surface area contributed by atoms with Gasteiger partial charge in [-0.15, -0.1) is 0 Å². The van der Waals surface area contributed by atoms with Crippen molar-refractivity contribution in [2.75, 3.05) is 0 Å². The van der Waals surface area contributed by atoms with Crippen molar-refractivity contribution in [1.29, 1.82) is 0 Å². The van der Waals surface area contributed by atoms with E-state index >= 15 is 0 Å². The molecule has 1 aliphatic rings. The molecule has 1 nitrogen and oxygen atoms in total. The molecule has 0 fully saturated rings. The van der Waals surface area contributed by atoms with Gasteiger partial charge in [-0.25, -0.2) is 0 Å². The molecule has 128 valence electrons. The van der Waals surface area contributed by atoms with Crippen LogP contribution in [-0.4, -0.2) is 4.98 Å². The first kappa shape index (κ1) is 17.7. The average Bonchev–Trinajstić information content (AvgIpc) is 2.78.